The van der Waals surface area contributed by atoms with E-state index in [0.717, 1.165) is 17.7 Å². The molecule has 1 saturated heterocycles. The molecular formula is C24H31FN6O4S. The molecule has 10 nitrogen and oxygen atoms in total. The first-order chi connectivity index (χ1) is 17.4. The smallest absolute Gasteiger partial charge is 0.191 e. The van der Waals surface area contributed by atoms with Gasteiger partial charge < -0.3 is 24.6 Å². The lowest BCUT2D eigenvalue weighted by atomic mass is 10.2. The molecule has 0 amide bonds. The van der Waals surface area contributed by atoms with Crippen molar-refractivity contribution in [3.8, 4) is 0 Å². The number of benzene rings is 1. The molecule has 194 valence electrons. The number of anilines is 1. The minimum Gasteiger partial charge on any atom is -0.394 e. The van der Waals surface area contributed by atoms with Gasteiger partial charge in [-0.3, -0.25) is 0 Å². The van der Waals surface area contributed by atoms with Gasteiger partial charge in [0.15, 0.2) is 27.9 Å². The third kappa shape index (κ3) is 5.18. The van der Waals surface area contributed by atoms with Gasteiger partial charge in [0.25, 0.3) is 0 Å². The highest BCUT2D eigenvalue weighted by molar-refractivity contribution is 7.99. The fraction of sp³-hybridized carbons (Fsp3) is 0.583. The molecule has 4 atom stereocenters. The number of nitrogens with one attached hydrogen (secondary N) is 1. The van der Waals surface area contributed by atoms with E-state index in [1.54, 1.807) is 22.5 Å². The highest BCUT2D eigenvalue weighted by Gasteiger charge is 2.56. The fourth-order valence-corrected chi connectivity index (χ4v) is 5.46. The molecule has 2 fully saturated rings. The Labute approximate surface area is 212 Å². The van der Waals surface area contributed by atoms with Gasteiger partial charge >= 0.3 is 0 Å². The molecule has 1 saturated carbocycles. The third-order valence-corrected chi connectivity index (χ3v) is 7.26. The van der Waals surface area contributed by atoms with Crippen molar-refractivity contribution in [1.29, 1.82) is 0 Å². The van der Waals surface area contributed by atoms with Crippen LogP contribution in [-0.2, 0) is 20.8 Å². The lowest BCUT2D eigenvalue weighted by Crippen LogP contribution is -2.31. The monoisotopic (exact) mass is 518 g/mol. The summed E-state index contributed by atoms with van der Waals surface area (Å²) >= 11 is 1.56. The minimum absolute atomic E-state index is 0.0688. The Morgan fingerprint density at radius 1 is 1.28 bits per heavy atom. The van der Waals surface area contributed by atoms with E-state index in [0.29, 0.717) is 35.1 Å². The van der Waals surface area contributed by atoms with Gasteiger partial charge in [-0.25, -0.2) is 19.0 Å². The van der Waals surface area contributed by atoms with Crippen LogP contribution >= 0.6 is 11.8 Å². The number of aliphatic hydroxyl groups excluding tert-OH is 1. The number of aromatic nitrogens is 5. The van der Waals surface area contributed by atoms with Gasteiger partial charge in [-0.1, -0.05) is 36.0 Å². The Morgan fingerprint density at radius 2 is 2.11 bits per heavy atom. The summed E-state index contributed by atoms with van der Waals surface area (Å²) in [5.74, 6) is 0.357. The molecule has 0 bridgehead atoms. The molecule has 3 heterocycles. The topological polar surface area (TPSA) is 116 Å². The van der Waals surface area contributed by atoms with Crippen LogP contribution in [0.2, 0.25) is 0 Å². The summed E-state index contributed by atoms with van der Waals surface area (Å²) in [7, 11) is 0. The van der Waals surface area contributed by atoms with Gasteiger partial charge in [-0.2, -0.15) is 0 Å². The third-order valence-electron chi connectivity index (χ3n) is 6.21. The number of thioether (sulfide) groups is 1. The van der Waals surface area contributed by atoms with E-state index in [2.05, 4.69) is 27.5 Å². The molecule has 12 heteroatoms. The second-order valence-electron chi connectivity index (χ2n) is 9.39. The minimum atomic E-state index is -0.764. The first-order valence-electron chi connectivity index (χ1n) is 12.2. The van der Waals surface area contributed by atoms with Crippen molar-refractivity contribution in [2.24, 2.45) is 0 Å². The van der Waals surface area contributed by atoms with Crippen molar-refractivity contribution in [3.05, 3.63) is 35.6 Å². The number of hydrogen-bond acceptors (Lipinski definition) is 10. The number of hydrogen-bond donors (Lipinski definition) is 2. The molecule has 1 aliphatic carbocycles. The van der Waals surface area contributed by atoms with Gasteiger partial charge in [0.1, 0.15) is 18.0 Å². The van der Waals surface area contributed by atoms with Crippen molar-refractivity contribution in [2.45, 2.75) is 75.5 Å². The van der Waals surface area contributed by atoms with Crippen LogP contribution in [0.1, 0.15) is 45.2 Å². The van der Waals surface area contributed by atoms with E-state index >= 15 is 0 Å². The summed E-state index contributed by atoms with van der Waals surface area (Å²) in [5, 5.41) is 22.1. The van der Waals surface area contributed by atoms with E-state index in [9.17, 15) is 9.50 Å². The number of rotatable bonds is 10. The van der Waals surface area contributed by atoms with Gasteiger partial charge in [0.05, 0.1) is 25.4 Å². The van der Waals surface area contributed by atoms with Crippen LogP contribution in [0.5, 0.6) is 0 Å². The highest BCUT2D eigenvalue weighted by Crippen LogP contribution is 2.45. The van der Waals surface area contributed by atoms with E-state index < -0.39 is 5.79 Å². The average molecular weight is 519 g/mol. The maximum absolute atomic E-state index is 13.7. The predicted octanol–water partition coefficient (Wildman–Crippen LogP) is 3.32. The highest BCUT2D eigenvalue weighted by atomic mass is 32.2. The summed E-state index contributed by atoms with van der Waals surface area (Å²) < 4.78 is 33.8. The molecule has 3 aromatic rings. The summed E-state index contributed by atoms with van der Waals surface area (Å²) in [4.78, 5) is 9.48. The second kappa shape index (κ2) is 10.5. The van der Waals surface area contributed by atoms with E-state index in [1.807, 2.05) is 19.9 Å². The maximum Gasteiger partial charge on any atom is 0.191 e. The van der Waals surface area contributed by atoms with Crippen LogP contribution in [0.25, 0.3) is 11.2 Å². The summed E-state index contributed by atoms with van der Waals surface area (Å²) in [5.41, 5.74) is 1.91. The summed E-state index contributed by atoms with van der Waals surface area (Å²) in [6, 6.07) is 6.21. The molecule has 0 spiro atoms. The van der Waals surface area contributed by atoms with Crippen LogP contribution < -0.4 is 5.32 Å². The number of halogens is 1. The van der Waals surface area contributed by atoms with E-state index in [4.69, 9.17) is 19.2 Å². The van der Waals surface area contributed by atoms with E-state index in [-0.39, 0.29) is 43.4 Å². The van der Waals surface area contributed by atoms with Crippen molar-refractivity contribution in [3.63, 3.8) is 0 Å². The van der Waals surface area contributed by atoms with Crippen molar-refractivity contribution < 1.29 is 23.7 Å². The van der Waals surface area contributed by atoms with Crippen LogP contribution in [0, 0.1) is 5.82 Å². The SMILES string of the molecule is CCCSc1nc(NCc2cccc(F)c2)c2nnn([C@@H]3C[C@@H](OCCO)C4OC(C)(C)OC43)c2n1. The molecular weight excluding hydrogens is 487 g/mol. The molecule has 1 aliphatic heterocycles. The number of ether oxygens (including phenoxy) is 3. The lowest BCUT2D eigenvalue weighted by Gasteiger charge is -2.23. The molecule has 36 heavy (non-hydrogen) atoms. The molecule has 1 aromatic carbocycles. The molecule has 0 radical (unpaired) electrons. The van der Waals surface area contributed by atoms with E-state index in [1.165, 1.54) is 12.1 Å². The number of nitrogens with zero attached hydrogens (tertiary/aromatic N) is 5. The van der Waals surface area contributed by atoms with Gasteiger partial charge in [-0.05, 0) is 38.0 Å². The predicted molar refractivity (Wildman–Crippen MR) is 132 cm³/mol. The Balaban J connectivity index is 1.49. The molecule has 2 N–H and O–H groups in total. The fourth-order valence-electron chi connectivity index (χ4n) is 4.76. The van der Waals surface area contributed by atoms with Crippen LogP contribution in [0.3, 0.4) is 0 Å². The number of fused-ring (bicyclic) bond motifs is 2. The van der Waals surface area contributed by atoms with Crippen molar-refractivity contribution in [1.82, 2.24) is 25.0 Å². The second-order valence-corrected chi connectivity index (χ2v) is 10.5. The lowest BCUT2D eigenvalue weighted by molar-refractivity contribution is -0.171. The Kier molecular flexibility index (Phi) is 7.40. The average Bonchev–Trinajstić information content (AvgIpc) is 3.50. The Morgan fingerprint density at radius 3 is 2.89 bits per heavy atom. The van der Waals surface area contributed by atoms with Crippen molar-refractivity contribution >= 4 is 28.7 Å². The first kappa shape index (κ1) is 25.3. The van der Waals surface area contributed by atoms with Crippen LogP contribution in [0.15, 0.2) is 29.4 Å². The van der Waals surface area contributed by atoms with Gasteiger partial charge in [0.2, 0.25) is 0 Å². The summed E-state index contributed by atoms with van der Waals surface area (Å²) in [6.45, 7) is 6.38. The normalized spacial score (nSPS) is 24.9. The Hall–Kier alpha value is -2.38. The molecule has 2 aromatic heterocycles. The zero-order chi connectivity index (χ0) is 25.3. The van der Waals surface area contributed by atoms with Crippen molar-refractivity contribution in [2.75, 3.05) is 24.3 Å². The molecule has 2 aliphatic rings. The van der Waals surface area contributed by atoms with Gasteiger partial charge in [0, 0.05) is 18.7 Å². The quantitative estimate of drug-likeness (QED) is 0.306. The zero-order valence-corrected chi connectivity index (χ0v) is 21.4. The Bertz CT molecular complexity index is 1210. The standard InChI is InChI=1S/C24H31FN6O4S/c1-4-10-36-23-27-21(26-13-14-6-5-7-15(25)11-14)18-22(28-23)31(30-29-18)16-12-17(33-9-8-32)20-19(16)34-24(2,3)35-20/h5-7,11,16-17,19-20,32H,4,8-10,12-13H2,1-3H3,(H,26,27,28)/t16-,17-,19?,20?/m1/s1. The van der Waals surface area contributed by atoms with Crippen LogP contribution in [0.4, 0.5) is 10.2 Å². The maximum atomic E-state index is 13.7. The first-order valence-corrected chi connectivity index (χ1v) is 13.2. The van der Waals surface area contributed by atoms with Crippen LogP contribution in [-0.4, -0.2) is 73.1 Å². The zero-order valence-electron chi connectivity index (χ0n) is 20.6. The number of aliphatic hydroxyl groups is 1. The largest absolute Gasteiger partial charge is 0.394 e. The molecule has 5 rings (SSSR count). The van der Waals surface area contributed by atoms with Gasteiger partial charge in [-0.15, -0.1) is 5.10 Å². The molecule has 2 unspecified atom stereocenters. The summed E-state index contributed by atoms with van der Waals surface area (Å²) in [6.07, 6.45) is 0.703.